The van der Waals surface area contributed by atoms with Crippen molar-refractivity contribution >= 4 is 11.8 Å². The van der Waals surface area contributed by atoms with Gasteiger partial charge in [-0.25, -0.2) is 0 Å². The van der Waals surface area contributed by atoms with Crippen LogP contribution in [0.1, 0.15) is 49.4 Å². The smallest absolute Gasteiger partial charge is 0.253 e. The number of nitrogens with zero attached hydrogens (tertiary/aromatic N) is 3. The van der Waals surface area contributed by atoms with E-state index in [1.807, 2.05) is 41.1 Å². The molecular weight excluding hydrogens is 366 g/mol. The molecule has 1 unspecified atom stereocenters. The third-order valence-corrected chi connectivity index (χ3v) is 6.37. The highest BCUT2D eigenvalue weighted by atomic mass is 16.5. The lowest BCUT2D eigenvalue weighted by Crippen LogP contribution is -2.58. The summed E-state index contributed by atoms with van der Waals surface area (Å²) in [7, 11) is 3.55. The molecule has 1 aliphatic heterocycles. The number of piperazine rings is 1. The maximum Gasteiger partial charge on any atom is 0.253 e. The van der Waals surface area contributed by atoms with Gasteiger partial charge in [-0.2, -0.15) is 0 Å². The van der Waals surface area contributed by atoms with Crippen molar-refractivity contribution in [1.82, 2.24) is 14.7 Å². The van der Waals surface area contributed by atoms with Crippen molar-refractivity contribution in [3.8, 4) is 5.75 Å². The average molecular weight is 402 g/mol. The minimum absolute atomic E-state index is 0.0349. The fraction of sp³-hybridized carbons (Fsp3) is 0.652. The van der Waals surface area contributed by atoms with Gasteiger partial charge in [-0.3, -0.25) is 14.5 Å². The largest absolute Gasteiger partial charge is 0.497 e. The monoisotopic (exact) mass is 401 g/mol. The first-order chi connectivity index (χ1) is 14.0. The summed E-state index contributed by atoms with van der Waals surface area (Å²) in [6, 6.07) is 7.24. The van der Waals surface area contributed by atoms with Gasteiger partial charge in [0, 0.05) is 45.3 Å². The second-order valence-corrected chi connectivity index (χ2v) is 8.31. The molecule has 29 heavy (non-hydrogen) atoms. The Balaban J connectivity index is 1.64. The molecule has 6 heteroatoms. The van der Waals surface area contributed by atoms with Gasteiger partial charge in [0.2, 0.25) is 5.91 Å². The molecule has 1 saturated heterocycles. The molecule has 2 fully saturated rings. The van der Waals surface area contributed by atoms with Crippen LogP contribution in [0.5, 0.6) is 5.75 Å². The second kappa shape index (κ2) is 10.1. The second-order valence-electron chi connectivity index (χ2n) is 8.31. The molecule has 1 heterocycles. The normalized spacial score (nSPS) is 19.2. The van der Waals surface area contributed by atoms with E-state index in [4.69, 9.17) is 4.74 Å². The summed E-state index contributed by atoms with van der Waals surface area (Å²) in [4.78, 5) is 32.2. The Labute approximate surface area is 174 Å². The highest BCUT2D eigenvalue weighted by Crippen LogP contribution is 2.32. The molecule has 0 aromatic heterocycles. The summed E-state index contributed by atoms with van der Waals surface area (Å²) in [6.07, 6.45) is 5.70. The quantitative estimate of drug-likeness (QED) is 0.705. The predicted octanol–water partition coefficient (Wildman–Crippen LogP) is 2.88. The molecule has 2 aliphatic rings. The molecule has 3 rings (SSSR count). The van der Waals surface area contributed by atoms with Crippen LogP contribution < -0.4 is 4.74 Å². The first-order valence-corrected chi connectivity index (χ1v) is 11.0. The standard InChI is InChI=1S/C23H35N3O3/c1-4-13-24(2)23(28)21(18-7-5-6-8-18)25-14-16-26(17-15-25)22(27)19-9-11-20(29-3)12-10-19/h9-12,18,21H,4-8,13-17H2,1-3H3. The van der Waals surface area contributed by atoms with E-state index in [9.17, 15) is 9.59 Å². The van der Waals surface area contributed by atoms with Gasteiger partial charge in [0.15, 0.2) is 0 Å². The molecule has 6 nitrogen and oxygen atoms in total. The third-order valence-electron chi connectivity index (χ3n) is 6.37. The first kappa shape index (κ1) is 21.6. The summed E-state index contributed by atoms with van der Waals surface area (Å²) >= 11 is 0. The third kappa shape index (κ3) is 5.10. The highest BCUT2D eigenvalue weighted by molar-refractivity contribution is 5.94. The maximum atomic E-state index is 13.2. The molecule has 1 aromatic carbocycles. The molecule has 1 aromatic rings. The topological polar surface area (TPSA) is 53.1 Å². The Hall–Kier alpha value is -2.08. The molecule has 0 bridgehead atoms. The number of benzene rings is 1. The van der Waals surface area contributed by atoms with Gasteiger partial charge in [-0.15, -0.1) is 0 Å². The molecule has 1 atom stereocenters. The lowest BCUT2D eigenvalue weighted by molar-refractivity contribution is -0.138. The minimum atomic E-state index is -0.0349. The number of hydrogen-bond acceptors (Lipinski definition) is 4. The molecule has 2 amide bonds. The summed E-state index contributed by atoms with van der Waals surface area (Å²) in [5, 5.41) is 0. The Morgan fingerprint density at radius 1 is 1.10 bits per heavy atom. The van der Waals surface area contributed by atoms with Gasteiger partial charge >= 0.3 is 0 Å². The summed E-state index contributed by atoms with van der Waals surface area (Å²) in [5.74, 6) is 1.51. The van der Waals surface area contributed by atoms with Crippen LogP contribution in [0.15, 0.2) is 24.3 Å². The van der Waals surface area contributed by atoms with E-state index in [2.05, 4.69) is 11.8 Å². The number of rotatable bonds is 7. The molecule has 1 saturated carbocycles. The van der Waals surface area contributed by atoms with E-state index in [1.165, 1.54) is 12.8 Å². The first-order valence-electron chi connectivity index (χ1n) is 11.0. The van der Waals surface area contributed by atoms with Crippen molar-refractivity contribution < 1.29 is 14.3 Å². The molecule has 0 radical (unpaired) electrons. The summed E-state index contributed by atoms with van der Waals surface area (Å²) in [5.41, 5.74) is 0.686. The van der Waals surface area contributed by atoms with Gasteiger partial charge in [0.1, 0.15) is 5.75 Å². The number of likely N-dealkylation sites (N-methyl/N-ethyl adjacent to an activating group) is 1. The number of carbonyl (C=O) groups excluding carboxylic acids is 2. The zero-order chi connectivity index (χ0) is 20.8. The van der Waals surface area contributed by atoms with Crippen molar-refractivity contribution in [2.24, 2.45) is 5.92 Å². The van der Waals surface area contributed by atoms with E-state index < -0.39 is 0 Å². The van der Waals surface area contributed by atoms with Crippen LogP contribution in [0.4, 0.5) is 0 Å². The van der Waals surface area contributed by atoms with Crippen LogP contribution in [-0.4, -0.2) is 79.4 Å². The van der Waals surface area contributed by atoms with Crippen molar-refractivity contribution in [1.29, 1.82) is 0 Å². The Kier molecular flexibility index (Phi) is 7.53. The van der Waals surface area contributed by atoms with Gasteiger partial charge in [-0.05, 0) is 49.4 Å². The van der Waals surface area contributed by atoms with Crippen molar-refractivity contribution in [3.05, 3.63) is 29.8 Å². The summed E-state index contributed by atoms with van der Waals surface area (Å²) < 4.78 is 5.18. The SMILES string of the molecule is CCCN(C)C(=O)C(C1CCCC1)N1CCN(C(=O)c2ccc(OC)cc2)CC1. The number of methoxy groups -OCH3 is 1. The number of amides is 2. The van der Waals surface area contributed by atoms with Gasteiger partial charge in [0.05, 0.1) is 13.2 Å². The van der Waals surface area contributed by atoms with Gasteiger partial charge in [0.25, 0.3) is 5.91 Å². The van der Waals surface area contributed by atoms with E-state index in [0.29, 0.717) is 24.6 Å². The van der Waals surface area contributed by atoms with Crippen molar-refractivity contribution in [2.75, 3.05) is 46.9 Å². The number of ether oxygens (including phenoxy) is 1. The van der Waals surface area contributed by atoms with Crippen molar-refractivity contribution in [3.63, 3.8) is 0 Å². The van der Waals surface area contributed by atoms with E-state index in [-0.39, 0.29) is 17.9 Å². The molecular formula is C23H35N3O3. The van der Waals surface area contributed by atoms with E-state index in [0.717, 1.165) is 44.6 Å². The highest BCUT2D eigenvalue weighted by Gasteiger charge is 2.38. The van der Waals surface area contributed by atoms with Crippen molar-refractivity contribution in [2.45, 2.75) is 45.1 Å². The van der Waals surface area contributed by atoms with E-state index in [1.54, 1.807) is 7.11 Å². The van der Waals surface area contributed by atoms with Crippen LogP contribution in [0.2, 0.25) is 0 Å². The lowest BCUT2D eigenvalue weighted by Gasteiger charge is -2.42. The molecule has 1 aliphatic carbocycles. The van der Waals surface area contributed by atoms with Gasteiger partial charge < -0.3 is 14.5 Å². The zero-order valence-electron chi connectivity index (χ0n) is 18.1. The zero-order valence-corrected chi connectivity index (χ0v) is 18.1. The Morgan fingerprint density at radius 2 is 1.72 bits per heavy atom. The molecule has 0 N–H and O–H groups in total. The van der Waals surface area contributed by atoms with E-state index >= 15 is 0 Å². The Bertz CT molecular complexity index is 677. The average Bonchev–Trinajstić information content (AvgIpc) is 3.28. The molecule has 0 spiro atoms. The number of hydrogen-bond donors (Lipinski definition) is 0. The van der Waals surface area contributed by atoms with Crippen LogP contribution in [0, 0.1) is 5.92 Å². The van der Waals surface area contributed by atoms with Crippen LogP contribution in [-0.2, 0) is 4.79 Å². The lowest BCUT2D eigenvalue weighted by atomic mass is 9.94. The van der Waals surface area contributed by atoms with Crippen LogP contribution in [0.25, 0.3) is 0 Å². The van der Waals surface area contributed by atoms with Gasteiger partial charge in [-0.1, -0.05) is 19.8 Å². The fourth-order valence-electron chi connectivity index (χ4n) is 4.72. The molecule has 160 valence electrons. The maximum absolute atomic E-state index is 13.2. The fourth-order valence-corrected chi connectivity index (χ4v) is 4.72. The van der Waals surface area contributed by atoms with Crippen LogP contribution >= 0.6 is 0 Å². The minimum Gasteiger partial charge on any atom is -0.497 e. The van der Waals surface area contributed by atoms with Crippen LogP contribution in [0.3, 0.4) is 0 Å². The number of carbonyl (C=O) groups is 2. The summed E-state index contributed by atoms with van der Waals surface area (Å²) in [6.45, 7) is 5.76. The predicted molar refractivity (Wildman–Crippen MR) is 114 cm³/mol. The Morgan fingerprint density at radius 3 is 2.28 bits per heavy atom.